The lowest BCUT2D eigenvalue weighted by Gasteiger charge is -2.29. The average Bonchev–Trinajstić information content (AvgIpc) is 3.47. The van der Waals surface area contributed by atoms with Gasteiger partial charge in [-0.3, -0.25) is 14.4 Å². The van der Waals surface area contributed by atoms with E-state index in [1.54, 1.807) is 37.1 Å². The molecule has 2 saturated heterocycles. The van der Waals surface area contributed by atoms with E-state index in [9.17, 15) is 18.0 Å². The fraction of sp³-hybridized carbons (Fsp3) is 0.304. The Morgan fingerprint density at radius 1 is 1.24 bits per heavy atom. The summed E-state index contributed by atoms with van der Waals surface area (Å²) in [5.74, 6) is -0.475. The minimum Gasteiger partial charge on any atom is -0.371 e. The molecular weight excluding hydrogens is 467 g/mol. The van der Waals surface area contributed by atoms with Gasteiger partial charge in [0.15, 0.2) is 5.11 Å². The predicted molar refractivity (Wildman–Crippen MR) is 122 cm³/mol. The maximum absolute atomic E-state index is 13.5. The number of fused-ring (bicyclic) bond motifs is 1. The number of benzene rings is 2. The zero-order chi connectivity index (χ0) is 24.4. The molecular formula is C23H18F3N5O2S. The van der Waals surface area contributed by atoms with Gasteiger partial charge >= 0.3 is 6.18 Å². The zero-order valence-electron chi connectivity index (χ0n) is 18.1. The zero-order valence-corrected chi connectivity index (χ0v) is 18.9. The molecule has 2 aliphatic rings. The number of alkyl halides is 3. The van der Waals surface area contributed by atoms with Gasteiger partial charge in [0.1, 0.15) is 11.6 Å². The van der Waals surface area contributed by atoms with E-state index in [2.05, 4.69) is 5.10 Å². The number of carbonyl (C=O) groups excluding carboxylic acids is 1. The summed E-state index contributed by atoms with van der Waals surface area (Å²) in [7, 11) is 0. The van der Waals surface area contributed by atoms with Crippen molar-refractivity contribution < 1.29 is 22.7 Å². The van der Waals surface area contributed by atoms with Gasteiger partial charge in [-0.1, -0.05) is 0 Å². The number of aromatic nitrogens is 2. The molecule has 5 rings (SSSR count). The molecule has 7 nitrogen and oxygen atoms in total. The number of thiocarbonyl (C=S) groups is 1. The average molecular weight is 485 g/mol. The van der Waals surface area contributed by atoms with Gasteiger partial charge < -0.3 is 9.64 Å². The Labute approximate surface area is 197 Å². The fourth-order valence-corrected chi connectivity index (χ4v) is 4.71. The summed E-state index contributed by atoms with van der Waals surface area (Å²) >= 11 is 5.59. The lowest BCUT2D eigenvalue weighted by Crippen LogP contribution is -2.44. The van der Waals surface area contributed by atoms with E-state index in [1.165, 1.54) is 6.07 Å². The van der Waals surface area contributed by atoms with Crippen molar-refractivity contribution in [2.45, 2.75) is 38.2 Å². The maximum Gasteiger partial charge on any atom is 0.417 e. The highest BCUT2D eigenvalue weighted by atomic mass is 32.1. The maximum atomic E-state index is 13.5. The molecule has 34 heavy (non-hydrogen) atoms. The van der Waals surface area contributed by atoms with E-state index in [1.807, 2.05) is 16.8 Å². The van der Waals surface area contributed by atoms with Crippen molar-refractivity contribution in [3.05, 3.63) is 53.7 Å². The highest BCUT2D eigenvalue weighted by Gasteiger charge is 2.50. The summed E-state index contributed by atoms with van der Waals surface area (Å²) in [6, 6.07) is 10.2. The number of nitriles is 1. The second kappa shape index (κ2) is 7.51. The molecule has 0 saturated carbocycles. The number of hydrogen-bond donors (Lipinski definition) is 0. The van der Waals surface area contributed by atoms with Gasteiger partial charge in [0.2, 0.25) is 0 Å². The standard InChI is InChI=1S/C23H18F3N5O2S/c1-22(2)20(32)30(15-4-3-13(9-27)18(8-15)23(24,25)26)21(34)31(22)16-5-6-19-14(7-16)10-28-29(19)11-17-12-33-17/h3-8,10,17H,11-12H2,1-2H3. The van der Waals surface area contributed by atoms with E-state index < -0.39 is 28.7 Å². The van der Waals surface area contributed by atoms with Crippen molar-refractivity contribution >= 4 is 45.5 Å². The minimum atomic E-state index is -4.75. The smallest absolute Gasteiger partial charge is 0.371 e. The molecule has 1 amide bonds. The number of ether oxygens (including phenoxy) is 1. The molecule has 0 spiro atoms. The largest absolute Gasteiger partial charge is 0.417 e. The van der Waals surface area contributed by atoms with Crippen LogP contribution in [0.5, 0.6) is 0 Å². The molecule has 3 aromatic rings. The first-order valence-corrected chi connectivity index (χ1v) is 10.8. The van der Waals surface area contributed by atoms with Crippen LogP contribution in [-0.4, -0.2) is 39.0 Å². The number of rotatable bonds is 4. The van der Waals surface area contributed by atoms with Gasteiger partial charge in [-0.2, -0.15) is 23.5 Å². The van der Waals surface area contributed by atoms with Gasteiger partial charge in [-0.25, -0.2) is 0 Å². The Balaban J connectivity index is 1.54. The monoisotopic (exact) mass is 485 g/mol. The third kappa shape index (κ3) is 3.50. The van der Waals surface area contributed by atoms with Crippen LogP contribution in [0.3, 0.4) is 0 Å². The first-order valence-electron chi connectivity index (χ1n) is 10.4. The number of nitrogens with zero attached hydrogens (tertiary/aromatic N) is 5. The van der Waals surface area contributed by atoms with Gasteiger partial charge in [0, 0.05) is 11.1 Å². The van der Waals surface area contributed by atoms with Crippen molar-refractivity contribution in [2.24, 2.45) is 0 Å². The number of amides is 1. The topological polar surface area (TPSA) is 77.7 Å². The molecule has 1 aromatic heterocycles. The molecule has 174 valence electrons. The van der Waals surface area contributed by atoms with Crippen molar-refractivity contribution in [3.63, 3.8) is 0 Å². The van der Waals surface area contributed by atoms with E-state index >= 15 is 0 Å². The summed E-state index contributed by atoms with van der Waals surface area (Å²) in [5, 5.41) is 14.4. The molecule has 2 aliphatic heterocycles. The van der Waals surface area contributed by atoms with E-state index in [0.29, 0.717) is 18.8 Å². The SMILES string of the molecule is CC1(C)C(=O)N(c2ccc(C#N)c(C(F)(F)F)c2)C(=S)N1c1ccc2c(cnn2CC2CO2)c1. The van der Waals surface area contributed by atoms with Gasteiger partial charge in [0.25, 0.3) is 5.91 Å². The van der Waals surface area contributed by atoms with Crippen LogP contribution in [0.1, 0.15) is 25.0 Å². The Hall–Kier alpha value is -3.49. The highest BCUT2D eigenvalue weighted by Crippen LogP contribution is 2.40. The van der Waals surface area contributed by atoms with Gasteiger partial charge in [0.05, 0.1) is 47.7 Å². The van der Waals surface area contributed by atoms with E-state index in [0.717, 1.165) is 27.9 Å². The third-order valence-electron chi connectivity index (χ3n) is 6.02. The van der Waals surface area contributed by atoms with Crippen LogP contribution < -0.4 is 9.80 Å². The van der Waals surface area contributed by atoms with Crippen LogP contribution in [0.2, 0.25) is 0 Å². The normalized spacial score (nSPS) is 19.7. The molecule has 0 N–H and O–H groups in total. The summed E-state index contributed by atoms with van der Waals surface area (Å²) in [4.78, 5) is 16.1. The summed E-state index contributed by atoms with van der Waals surface area (Å²) in [5.41, 5.74) is -1.33. The Morgan fingerprint density at radius 3 is 2.59 bits per heavy atom. The summed E-state index contributed by atoms with van der Waals surface area (Å²) < 4.78 is 47.6. The molecule has 11 heteroatoms. The van der Waals surface area contributed by atoms with E-state index in [-0.39, 0.29) is 16.9 Å². The van der Waals surface area contributed by atoms with Gasteiger partial charge in [-0.15, -0.1) is 0 Å². The fourth-order valence-electron chi connectivity index (χ4n) is 4.18. The van der Waals surface area contributed by atoms with Crippen LogP contribution in [-0.2, 0) is 22.3 Å². The summed E-state index contributed by atoms with van der Waals surface area (Å²) in [6.07, 6.45) is -2.88. The summed E-state index contributed by atoms with van der Waals surface area (Å²) in [6.45, 7) is 4.67. The van der Waals surface area contributed by atoms with Crippen LogP contribution in [0.25, 0.3) is 10.9 Å². The molecule has 1 atom stereocenters. The van der Waals surface area contributed by atoms with Crippen LogP contribution in [0.4, 0.5) is 24.5 Å². The molecule has 2 fully saturated rings. The van der Waals surface area contributed by atoms with Crippen molar-refractivity contribution in [1.82, 2.24) is 9.78 Å². The van der Waals surface area contributed by atoms with E-state index in [4.69, 9.17) is 22.2 Å². The van der Waals surface area contributed by atoms with Crippen LogP contribution in [0, 0.1) is 11.3 Å². The Kier molecular flexibility index (Phi) is 4.93. The second-order valence-electron chi connectivity index (χ2n) is 8.68. The molecule has 0 aliphatic carbocycles. The van der Waals surface area contributed by atoms with Crippen LogP contribution >= 0.6 is 12.2 Å². The minimum absolute atomic E-state index is 0.0461. The molecule has 0 bridgehead atoms. The highest BCUT2D eigenvalue weighted by molar-refractivity contribution is 7.81. The number of epoxide rings is 1. The Bertz CT molecular complexity index is 1390. The second-order valence-corrected chi connectivity index (χ2v) is 9.05. The number of hydrogen-bond acceptors (Lipinski definition) is 5. The molecule has 0 radical (unpaired) electrons. The first kappa shape index (κ1) is 22.3. The van der Waals surface area contributed by atoms with Crippen molar-refractivity contribution in [3.8, 4) is 6.07 Å². The number of halogens is 3. The van der Waals surface area contributed by atoms with Crippen molar-refractivity contribution in [1.29, 1.82) is 5.26 Å². The molecule has 1 unspecified atom stereocenters. The third-order valence-corrected chi connectivity index (χ3v) is 6.38. The first-order chi connectivity index (χ1) is 16.0. The molecule has 3 heterocycles. The Morgan fingerprint density at radius 2 is 1.94 bits per heavy atom. The number of anilines is 2. The lowest BCUT2D eigenvalue weighted by atomic mass is 10.0. The lowest BCUT2D eigenvalue weighted by molar-refractivity contribution is -0.137. The van der Waals surface area contributed by atoms with Crippen molar-refractivity contribution in [2.75, 3.05) is 16.4 Å². The van der Waals surface area contributed by atoms with Crippen LogP contribution in [0.15, 0.2) is 42.6 Å². The molecule has 2 aromatic carbocycles. The van der Waals surface area contributed by atoms with Gasteiger partial charge in [-0.05, 0) is 62.5 Å². The predicted octanol–water partition coefficient (Wildman–Crippen LogP) is 4.24. The number of carbonyl (C=O) groups is 1. The quantitative estimate of drug-likeness (QED) is 0.406.